The molecule has 0 unspecified atom stereocenters. The zero-order chi connectivity index (χ0) is 17.8. The van der Waals surface area contributed by atoms with E-state index in [1.807, 2.05) is 11.0 Å². The standard InChI is InChI=1S/C18H23N7O/c26-17(24-7-2-1-3-8-24)15-13-22-16(14-21-15)23-9-11-25(12-10-23)18-19-5-4-6-20-18/h4-6,13-14H,1-3,7-12H2. The third-order valence-corrected chi connectivity index (χ3v) is 4.94. The number of likely N-dealkylation sites (tertiary alicyclic amines) is 1. The Balaban J connectivity index is 1.36. The van der Waals surface area contributed by atoms with Crippen molar-refractivity contribution in [3.8, 4) is 0 Å². The van der Waals surface area contributed by atoms with E-state index in [1.165, 1.54) is 6.42 Å². The van der Waals surface area contributed by atoms with Gasteiger partial charge >= 0.3 is 0 Å². The number of nitrogens with zero attached hydrogens (tertiary/aromatic N) is 7. The lowest BCUT2D eigenvalue weighted by Crippen LogP contribution is -2.47. The van der Waals surface area contributed by atoms with Crippen molar-refractivity contribution in [2.45, 2.75) is 19.3 Å². The molecule has 0 aliphatic carbocycles. The predicted octanol–water partition coefficient (Wildman–Crippen LogP) is 1.22. The molecule has 1 amide bonds. The molecule has 0 radical (unpaired) electrons. The van der Waals surface area contributed by atoms with E-state index in [9.17, 15) is 4.79 Å². The van der Waals surface area contributed by atoms with Crippen LogP contribution in [0.5, 0.6) is 0 Å². The van der Waals surface area contributed by atoms with Crippen LogP contribution in [0.1, 0.15) is 29.8 Å². The van der Waals surface area contributed by atoms with E-state index in [4.69, 9.17) is 0 Å². The van der Waals surface area contributed by atoms with Crippen LogP contribution in [-0.4, -0.2) is 70.0 Å². The summed E-state index contributed by atoms with van der Waals surface area (Å²) in [6.07, 6.45) is 10.2. The third kappa shape index (κ3) is 3.58. The minimum atomic E-state index is -0.00482. The molecular formula is C18H23N7O. The molecule has 4 rings (SSSR count). The summed E-state index contributed by atoms with van der Waals surface area (Å²) in [5.74, 6) is 1.57. The molecular weight excluding hydrogens is 330 g/mol. The second kappa shape index (κ2) is 7.63. The van der Waals surface area contributed by atoms with Gasteiger partial charge in [-0.25, -0.2) is 19.9 Å². The van der Waals surface area contributed by atoms with Gasteiger partial charge in [0.2, 0.25) is 5.95 Å². The van der Waals surface area contributed by atoms with E-state index < -0.39 is 0 Å². The summed E-state index contributed by atoms with van der Waals surface area (Å²) in [6.45, 7) is 4.97. The molecule has 0 N–H and O–H groups in total. The Labute approximate surface area is 152 Å². The van der Waals surface area contributed by atoms with Gasteiger partial charge in [-0.2, -0.15) is 0 Å². The lowest BCUT2D eigenvalue weighted by atomic mass is 10.1. The van der Waals surface area contributed by atoms with Gasteiger partial charge in [-0.05, 0) is 25.3 Å². The Morgan fingerprint density at radius 3 is 2.12 bits per heavy atom. The summed E-state index contributed by atoms with van der Waals surface area (Å²) in [6, 6.07) is 1.82. The normalized spacial score (nSPS) is 18.1. The van der Waals surface area contributed by atoms with Crippen molar-refractivity contribution < 1.29 is 4.79 Å². The molecule has 2 aromatic heterocycles. The Kier molecular flexibility index (Phi) is 4.90. The van der Waals surface area contributed by atoms with Crippen molar-refractivity contribution in [3.05, 3.63) is 36.5 Å². The molecule has 0 aromatic carbocycles. The Morgan fingerprint density at radius 1 is 0.769 bits per heavy atom. The van der Waals surface area contributed by atoms with Gasteiger partial charge in [0, 0.05) is 51.7 Å². The quantitative estimate of drug-likeness (QED) is 0.821. The van der Waals surface area contributed by atoms with Crippen LogP contribution in [-0.2, 0) is 0 Å². The average molecular weight is 353 g/mol. The van der Waals surface area contributed by atoms with E-state index >= 15 is 0 Å². The van der Waals surface area contributed by atoms with Crippen LogP contribution >= 0.6 is 0 Å². The summed E-state index contributed by atoms with van der Waals surface area (Å²) in [5.41, 5.74) is 0.437. The topological polar surface area (TPSA) is 78.4 Å². The van der Waals surface area contributed by atoms with Crippen molar-refractivity contribution in [2.75, 3.05) is 49.1 Å². The Bertz CT molecular complexity index is 723. The number of amides is 1. The molecule has 0 saturated carbocycles. The molecule has 4 heterocycles. The molecule has 2 aliphatic heterocycles. The first-order valence-corrected chi connectivity index (χ1v) is 9.19. The molecule has 26 heavy (non-hydrogen) atoms. The second-order valence-corrected chi connectivity index (χ2v) is 6.64. The minimum absolute atomic E-state index is 0.00482. The summed E-state index contributed by atoms with van der Waals surface area (Å²) < 4.78 is 0. The highest BCUT2D eigenvalue weighted by Crippen LogP contribution is 2.16. The van der Waals surface area contributed by atoms with Gasteiger partial charge < -0.3 is 14.7 Å². The van der Waals surface area contributed by atoms with Crippen molar-refractivity contribution in [3.63, 3.8) is 0 Å². The van der Waals surface area contributed by atoms with Crippen molar-refractivity contribution in [1.29, 1.82) is 0 Å². The second-order valence-electron chi connectivity index (χ2n) is 6.64. The number of rotatable bonds is 3. The summed E-state index contributed by atoms with van der Waals surface area (Å²) in [4.78, 5) is 36.2. The number of anilines is 2. The van der Waals surface area contributed by atoms with Crippen molar-refractivity contribution in [2.24, 2.45) is 0 Å². The fourth-order valence-corrected chi connectivity index (χ4v) is 3.44. The molecule has 8 heteroatoms. The maximum absolute atomic E-state index is 12.5. The fraction of sp³-hybridized carbons (Fsp3) is 0.500. The molecule has 8 nitrogen and oxygen atoms in total. The summed E-state index contributed by atoms with van der Waals surface area (Å²) >= 11 is 0. The largest absolute Gasteiger partial charge is 0.352 e. The first-order valence-electron chi connectivity index (χ1n) is 9.19. The lowest BCUT2D eigenvalue weighted by Gasteiger charge is -2.35. The molecule has 2 saturated heterocycles. The van der Waals surface area contributed by atoms with Crippen LogP contribution < -0.4 is 9.80 Å². The van der Waals surface area contributed by atoms with Gasteiger partial charge in [-0.1, -0.05) is 0 Å². The highest BCUT2D eigenvalue weighted by molar-refractivity contribution is 5.92. The Hall–Kier alpha value is -2.77. The zero-order valence-corrected chi connectivity index (χ0v) is 14.8. The number of carbonyl (C=O) groups is 1. The van der Waals surface area contributed by atoms with Crippen molar-refractivity contribution >= 4 is 17.7 Å². The Morgan fingerprint density at radius 2 is 1.46 bits per heavy atom. The van der Waals surface area contributed by atoms with Gasteiger partial charge in [-0.3, -0.25) is 4.79 Å². The fourth-order valence-electron chi connectivity index (χ4n) is 3.44. The molecule has 2 aliphatic rings. The molecule has 0 spiro atoms. The number of carbonyl (C=O) groups excluding carboxylic acids is 1. The van der Waals surface area contributed by atoms with Crippen LogP contribution in [0, 0.1) is 0 Å². The van der Waals surface area contributed by atoms with E-state index in [0.29, 0.717) is 5.69 Å². The first-order chi connectivity index (χ1) is 12.8. The lowest BCUT2D eigenvalue weighted by molar-refractivity contribution is 0.0718. The highest BCUT2D eigenvalue weighted by atomic mass is 16.2. The average Bonchev–Trinajstić information content (AvgIpc) is 2.75. The molecule has 136 valence electrons. The molecule has 0 atom stereocenters. The first kappa shape index (κ1) is 16.7. The van der Waals surface area contributed by atoms with Crippen LogP contribution in [0.3, 0.4) is 0 Å². The number of hydrogen-bond donors (Lipinski definition) is 0. The highest BCUT2D eigenvalue weighted by Gasteiger charge is 2.22. The summed E-state index contributed by atoms with van der Waals surface area (Å²) in [5, 5.41) is 0. The number of hydrogen-bond acceptors (Lipinski definition) is 7. The van der Waals surface area contributed by atoms with Gasteiger partial charge in [0.25, 0.3) is 5.91 Å². The van der Waals surface area contributed by atoms with Crippen molar-refractivity contribution in [1.82, 2.24) is 24.8 Å². The van der Waals surface area contributed by atoms with Gasteiger partial charge in [0.1, 0.15) is 11.5 Å². The summed E-state index contributed by atoms with van der Waals surface area (Å²) in [7, 11) is 0. The van der Waals surface area contributed by atoms with Crippen LogP contribution in [0.25, 0.3) is 0 Å². The van der Waals surface area contributed by atoms with Gasteiger partial charge in [0.05, 0.1) is 12.4 Å². The monoisotopic (exact) mass is 353 g/mol. The number of piperidine rings is 1. The van der Waals surface area contributed by atoms with E-state index in [-0.39, 0.29) is 5.91 Å². The van der Waals surface area contributed by atoms with Crippen LogP contribution in [0.15, 0.2) is 30.9 Å². The maximum atomic E-state index is 12.5. The minimum Gasteiger partial charge on any atom is -0.352 e. The predicted molar refractivity (Wildman–Crippen MR) is 98.2 cm³/mol. The smallest absolute Gasteiger partial charge is 0.274 e. The number of aromatic nitrogens is 4. The zero-order valence-electron chi connectivity index (χ0n) is 14.8. The van der Waals surface area contributed by atoms with Crippen LogP contribution in [0.4, 0.5) is 11.8 Å². The third-order valence-electron chi connectivity index (χ3n) is 4.94. The van der Waals surface area contributed by atoms with Gasteiger partial charge in [-0.15, -0.1) is 0 Å². The van der Waals surface area contributed by atoms with E-state index in [1.54, 1.807) is 24.8 Å². The molecule has 0 bridgehead atoms. The van der Waals surface area contributed by atoms with Gasteiger partial charge in [0.15, 0.2) is 0 Å². The number of piperazine rings is 1. The maximum Gasteiger partial charge on any atom is 0.274 e. The van der Waals surface area contributed by atoms with Crippen LogP contribution in [0.2, 0.25) is 0 Å². The molecule has 2 aromatic rings. The van der Waals surface area contributed by atoms with E-state index in [2.05, 4.69) is 29.7 Å². The SMILES string of the molecule is O=C(c1cnc(N2CCN(c3ncccn3)CC2)cn1)N1CCCCC1. The molecule has 2 fully saturated rings. The van der Waals surface area contributed by atoms with E-state index in [0.717, 1.165) is 63.9 Å².